The Hall–Kier alpha value is -4.50. The van der Waals surface area contributed by atoms with Crippen LogP contribution in [-0.2, 0) is 21.4 Å². The molecular formula is C29H26FN3O4S. The Morgan fingerprint density at radius 3 is 2.26 bits per heavy atom. The first kappa shape index (κ1) is 26.6. The van der Waals surface area contributed by atoms with Gasteiger partial charge in [-0.05, 0) is 66.6 Å². The summed E-state index contributed by atoms with van der Waals surface area (Å²) < 4.78 is 47.5. The number of para-hydroxylation sites is 1. The van der Waals surface area contributed by atoms with E-state index in [1.165, 1.54) is 42.1 Å². The number of sulfonamides is 1. The van der Waals surface area contributed by atoms with Crippen LogP contribution in [0, 0.1) is 12.7 Å². The number of nitrogens with zero attached hydrogens (tertiary/aromatic N) is 2. The van der Waals surface area contributed by atoms with Crippen molar-refractivity contribution in [3.63, 3.8) is 0 Å². The van der Waals surface area contributed by atoms with Crippen molar-refractivity contribution in [2.45, 2.75) is 18.4 Å². The Balaban J connectivity index is 1.39. The van der Waals surface area contributed by atoms with Crippen molar-refractivity contribution in [3.8, 4) is 5.75 Å². The molecule has 4 rings (SSSR count). The SMILES string of the molecule is Cc1ccc(COc2ccc(/C=N\NC(=O)CN(c3ccccc3F)S(=O)(=O)c3ccccc3)cc2)cc1. The number of halogens is 1. The Morgan fingerprint density at radius 2 is 1.58 bits per heavy atom. The van der Waals surface area contributed by atoms with Gasteiger partial charge < -0.3 is 4.74 Å². The number of amides is 1. The van der Waals surface area contributed by atoms with Crippen molar-refractivity contribution >= 4 is 27.8 Å². The molecule has 0 unspecified atom stereocenters. The first-order valence-electron chi connectivity index (χ1n) is 11.8. The van der Waals surface area contributed by atoms with Gasteiger partial charge in [-0.2, -0.15) is 5.10 Å². The van der Waals surface area contributed by atoms with E-state index < -0.39 is 28.3 Å². The molecule has 4 aromatic carbocycles. The maximum Gasteiger partial charge on any atom is 0.264 e. The minimum atomic E-state index is -4.21. The van der Waals surface area contributed by atoms with Crippen LogP contribution in [0.25, 0.3) is 0 Å². The number of carbonyl (C=O) groups is 1. The van der Waals surface area contributed by atoms with Crippen LogP contribution in [0.5, 0.6) is 5.75 Å². The first-order chi connectivity index (χ1) is 18.3. The fourth-order valence-electron chi connectivity index (χ4n) is 3.52. The monoisotopic (exact) mass is 531 g/mol. The molecule has 0 spiro atoms. The van der Waals surface area contributed by atoms with Crippen molar-refractivity contribution < 1.29 is 22.3 Å². The van der Waals surface area contributed by atoms with E-state index in [-0.39, 0.29) is 10.6 Å². The Kier molecular flexibility index (Phi) is 8.50. The number of anilines is 1. The van der Waals surface area contributed by atoms with Gasteiger partial charge in [0.25, 0.3) is 15.9 Å². The number of aryl methyl sites for hydroxylation is 1. The Labute approximate surface area is 221 Å². The van der Waals surface area contributed by atoms with Crippen LogP contribution in [-0.4, -0.2) is 27.1 Å². The maximum atomic E-state index is 14.5. The van der Waals surface area contributed by atoms with Gasteiger partial charge in [-0.25, -0.2) is 18.2 Å². The largest absolute Gasteiger partial charge is 0.489 e. The molecule has 0 radical (unpaired) electrons. The normalized spacial score (nSPS) is 11.3. The van der Waals surface area contributed by atoms with Crippen molar-refractivity contribution in [1.29, 1.82) is 0 Å². The van der Waals surface area contributed by atoms with Crippen LogP contribution in [0.4, 0.5) is 10.1 Å². The molecule has 0 saturated carbocycles. The van der Waals surface area contributed by atoms with E-state index in [9.17, 15) is 17.6 Å². The number of hydrogen-bond donors (Lipinski definition) is 1. The van der Waals surface area contributed by atoms with E-state index in [2.05, 4.69) is 10.5 Å². The smallest absolute Gasteiger partial charge is 0.264 e. The quantitative estimate of drug-likeness (QED) is 0.229. The standard InChI is InChI=1S/C29H26FN3O4S/c1-22-11-13-24(14-12-22)21-37-25-17-15-23(16-18-25)19-31-32-29(34)20-33(28-10-6-5-9-27(28)30)38(35,36)26-7-3-2-4-8-26/h2-19H,20-21H2,1H3,(H,32,34)/b31-19-. The summed E-state index contributed by atoms with van der Waals surface area (Å²) in [5.74, 6) is -0.825. The van der Waals surface area contributed by atoms with E-state index in [0.29, 0.717) is 17.9 Å². The van der Waals surface area contributed by atoms with E-state index in [1.807, 2.05) is 31.2 Å². The van der Waals surface area contributed by atoms with Crippen LogP contribution in [0.15, 0.2) is 113 Å². The highest BCUT2D eigenvalue weighted by Gasteiger charge is 2.28. The zero-order valence-electron chi connectivity index (χ0n) is 20.6. The number of rotatable bonds is 10. The molecule has 194 valence electrons. The zero-order chi connectivity index (χ0) is 27.0. The number of hydrogen-bond acceptors (Lipinski definition) is 5. The zero-order valence-corrected chi connectivity index (χ0v) is 21.4. The number of nitrogens with one attached hydrogen (secondary N) is 1. The summed E-state index contributed by atoms with van der Waals surface area (Å²) in [5.41, 5.74) is 5.00. The van der Waals surface area contributed by atoms with Crippen LogP contribution in [0.2, 0.25) is 0 Å². The number of carbonyl (C=O) groups excluding carboxylic acids is 1. The van der Waals surface area contributed by atoms with Crippen molar-refractivity contribution in [2.24, 2.45) is 5.10 Å². The molecule has 0 aliphatic heterocycles. The second-order valence-electron chi connectivity index (χ2n) is 8.41. The van der Waals surface area contributed by atoms with Crippen LogP contribution in [0.3, 0.4) is 0 Å². The molecule has 38 heavy (non-hydrogen) atoms. The highest BCUT2D eigenvalue weighted by Crippen LogP contribution is 2.26. The highest BCUT2D eigenvalue weighted by molar-refractivity contribution is 7.92. The van der Waals surface area contributed by atoms with E-state index >= 15 is 0 Å². The minimum absolute atomic E-state index is 0.0655. The molecule has 7 nitrogen and oxygen atoms in total. The number of ether oxygens (including phenoxy) is 1. The number of hydrazone groups is 1. The molecule has 9 heteroatoms. The lowest BCUT2D eigenvalue weighted by molar-refractivity contribution is -0.119. The first-order valence-corrected chi connectivity index (χ1v) is 13.2. The molecule has 0 fully saturated rings. The summed E-state index contributed by atoms with van der Waals surface area (Å²) in [6.07, 6.45) is 1.42. The lowest BCUT2D eigenvalue weighted by atomic mass is 10.2. The molecule has 0 heterocycles. The van der Waals surface area contributed by atoms with Crippen molar-refractivity contribution in [2.75, 3.05) is 10.8 Å². The molecule has 0 saturated heterocycles. The van der Waals surface area contributed by atoms with Crippen LogP contribution in [0.1, 0.15) is 16.7 Å². The van der Waals surface area contributed by atoms with E-state index in [4.69, 9.17) is 4.74 Å². The third-order valence-corrected chi connectivity index (χ3v) is 7.32. The van der Waals surface area contributed by atoms with Gasteiger partial charge in [-0.1, -0.05) is 60.2 Å². The summed E-state index contributed by atoms with van der Waals surface area (Å²) in [6.45, 7) is 1.80. The molecular weight excluding hydrogens is 505 g/mol. The highest BCUT2D eigenvalue weighted by atomic mass is 32.2. The summed E-state index contributed by atoms with van der Waals surface area (Å²) in [6, 6.07) is 28.1. The minimum Gasteiger partial charge on any atom is -0.489 e. The van der Waals surface area contributed by atoms with Gasteiger partial charge in [-0.15, -0.1) is 0 Å². The van der Waals surface area contributed by atoms with Crippen molar-refractivity contribution in [1.82, 2.24) is 5.43 Å². The van der Waals surface area contributed by atoms with Gasteiger partial charge >= 0.3 is 0 Å². The maximum absolute atomic E-state index is 14.5. The van der Waals surface area contributed by atoms with Crippen molar-refractivity contribution in [3.05, 3.63) is 126 Å². The molecule has 0 aliphatic rings. The fraction of sp³-hybridized carbons (Fsp3) is 0.103. The number of benzene rings is 4. The average Bonchev–Trinajstić information content (AvgIpc) is 2.93. The summed E-state index contributed by atoms with van der Waals surface area (Å²) in [7, 11) is -4.21. The molecule has 0 aromatic heterocycles. The summed E-state index contributed by atoms with van der Waals surface area (Å²) in [4.78, 5) is 12.6. The predicted octanol–water partition coefficient (Wildman–Crippen LogP) is 5.06. The molecule has 0 atom stereocenters. The third-order valence-electron chi connectivity index (χ3n) is 5.55. The van der Waals surface area contributed by atoms with Crippen LogP contribution < -0.4 is 14.5 Å². The topological polar surface area (TPSA) is 88.1 Å². The van der Waals surface area contributed by atoms with Gasteiger partial charge in [0.2, 0.25) is 0 Å². The summed E-state index contributed by atoms with van der Waals surface area (Å²) >= 11 is 0. The van der Waals surface area contributed by atoms with Gasteiger partial charge in [0, 0.05) is 0 Å². The van der Waals surface area contributed by atoms with Gasteiger partial charge in [0.05, 0.1) is 16.8 Å². The van der Waals surface area contributed by atoms with E-state index in [0.717, 1.165) is 15.9 Å². The molecule has 0 bridgehead atoms. The second kappa shape index (κ2) is 12.2. The molecule has 4 aromatic rings. The lowest BCUT2D eigenvalue weighted by Crippen LogP contribution is -2.40. The second-order valence-corrected chi connectivity index (χ2v) is 10.3. The lowest BCUT2D eigenvalue weighted by Gasteiger charge is -2.24. The molecule has 1 amide bonds. The predicted molar refractivity (Wildman–Crippen MR) is 145 cm³/mol. The van der Waals surface area contributed by atoms with Crippen LogP contribution >= 0.6 is 0 Å². The summed E-state index contributed by atoms with van der Waals surface area (Å²) in [5, 5.41) is 3.92. The van der Waals surface area contributed by atoms with Gasteiger partial charge in [0.1, 0.15) is 24.7 Å². The molecule has 0 aliphatic carbocycles. The fourth-order valence-corrected chi connectivity index (χ4v) is 4.97. The Bertz CT molecular complexity index is 1510. The van der Waals surface area contributed by atoms with Gasteiger partial charge in [0.15, 0.2) is 0 Å². The average molecular weight is 532 g/mol. The van der Waals surface area contributed by atoms with Gasteiger partial charge in [-0.3, -0.25) is 9.10 Å². The van der Waals surface area contributed by atoms with E-state index in [1.54, 1.807) is 42.5 Å². The third kappa shape index (κ3) is 6.83. The molecule has 1 N–H and O–H groups in total. The Morgan fingerprint density at radius 1 is 0.921 bits per heavy atom.